The molecule has 0 aromatic heterocycles. The second kappa shape index (κ2) is 4.04. The van der Waals surface area contributed by atoms with Gasteiger partial charge in [-0.3, -0.25) is 10.1 Å². The lowest BCUT2D eigenvalue weighted by Crippen LogP contribution is -2.01. The minimum absolute atomic E-state index is 0.196. The fraction of sp³-hybridized carbons (Fsp3) is 0.333. The quantitative estimate of drug-likeness (QED) is 0.555. The summed E-state index contributed by atoms with van der Waals surface area (Å²) >= 11 is 0. The van der Waals surface area contributed by atoms with Crippen molar-refractivity contribution >= 4 is 5.69 Å². The van der Waals surface area contributed by atoms with Crippen LogP contribution >= 0.6 is 0 Å². The van der Waals surface area contributed by atoms with Crippen LogP contribution in [-0.2, 0) is 0 Å². The number of nitro benzene ring substituents is 1. The Labute approximate surface area is 80.5 Å². The number of hydrogen-bond acceptors (Lipinski definition) is 3. The first-order valence-corrected chi connectivity index (χ1v) is 4.14. The van der Waals surface area contributed by atoms with E-state index in [1.165, 1.54) is 19.1 Å². The van der Waals surface area contributed by atoms with Gasteiger partial charge < -0.3 is 4.74 Å². The van der Waals surface area contributed by atoms with Crippen LogP contribution in [0.15, 0.2) is 12.1 Å². The molecule has 0 N–H and O–H groups in total. The largest absolute Gasteiger partial charge is 0.485 e. The van der Waals surface area contributed by atoms with Crippen LogP contribution in [-0.4, -0.2) is 11.5 Å². The molecule has 0 unspecified atom stereocenters. The molecule has 0 heterocycles. The third-order valence-corrected chi connectivity index (χ3v) is 1.75. The molecule has 0 amide bonds. The van der Waals surface area contributed by atoms with E-state index in [0.29, 0.717) is 5.56 Å². The molecule has 0 radical (unpaired) electrons. The highest BCUT2D eigenvalue weighted by molar-refractivity contribution is 5.49. The monoisotopic (exact) mass is 199 g/mol. The van der Waals surface area contributed by atoms with E-state index in [4.69, 9.17) is 4.74 Å². The van der Waals surface area contributed by atoms with Gasteiger partial charge in [0, 0.05) is 6.07 Å². The van der Waals surface area contributed by atoms with E-state index in [9.17, 15) is 14.5 Å². The number of nitro groups is 1. The molecular formula is C9H10FNO3. The van der Waals surface area contributed by atoms with Crippen molar-refractivity contribution in [2.24, 2.45) is 0 Å². The van der Waals surface area contributed by atoms with E-state index in [-0.39, 0.29) is 18.0 Å². The number of benzene rings is 1. The summed E-state index contributed by atoms with van der Waals surface area (Å²) in [5.41, 5.74) is -0.00556. The summed E-state index contributed by atoms with van der Waals surface area (Å²) in [4.78, 5) is 9.86. The molecule has 0 spiro atoms. The lowest BCUT2D eigenvalue weighted by atomic mass is 10.2. The predicted octanol–water partition coefficient (Wildman–Crippen LogP) is 2.44. The zero-order valence-corrected chi connectivity index (χ0v) is 7.91. The van der Waals surface area contributed by atoms with Gasteiger partial charge in [0.05, 0.1) is 11.5 Å². The molecule has 0 fully saturated rings. The van der Waals surface area contributed by atoms with Crippen molar-refractivity contribution in [1.82, 2.24) is 0 Å². The number of ether oxygens (including phenoxy) is 1. The standard InChI is InChI=1S/C9H10FNO3/c1-3-14-9-7(11(12)13)5-4-6(2)8(9)10/h4-5H,3H2,1-2H3. The van der Waals surface area contributed by atoms with Gasteiger partial charge >= 0.3 is 5.69 Å². The zero-order chi connectivity index (χ0) is 10.7. The molecule has 0 aliphatic rings. The number of hydrogen-bond donors (Lipinski definition) is 0. The Bertz CT molecular complexity index is 365. The first-order chi connectivity index (χ1) is 6.57. The number of aryl methyl sites for hydroxylation is 1. The highest BCUT2D eigenvalue weighted by Gasteiger charge is 2.20. The molecule has 1 aromatic rings. The summed E-state index contributed by atoms with van der Waals surface area (Å²) in [5.74, 6) is -0.946. The number of rotatable bonds is 3. The Morgan fingerprint density at radius 3 is 2.71 bits per heavy atom. The van der Waals surface area contributed by atoms with E-state index < -0.39 is 10.7 Å². The molecule has 0 saturated heterocycles. The van der Waals surface area contributed by atoms with Gasteiger partial charge in [0.15, 0.2) is 5.82 Å². The molecule has 1 rings (SSSR count). The van der Waals surface area contributed by atoms with Crippen molar-refractivity contribution in [3.8, 4) is 5.75 Å². The van der Waals surface area contributed by atoms with Crippen LogP contribution in [0.2, 0.25) is 0 Å². The van der Waals surface area contributed by atoms with E-state index in [2.05, 4.69) is 0 Å². The third kappa shape index (κ3) is 1.81. The zero-order valence-electron chi connectivity index (χ0n) is 7.91. The Hall–Kier alpha value is -1.65. The minimum Gasteiger partial charge on any atom is -0.485 e. The van der Waals surface area contributed by atoms with Gasteiger partial charge in [-0.15, -0.1) is 0 Å². The Morgan fingerprint density at radius 1 is 1.57 bits per heavy atom. The summed E-state index contributed by atoms with van der Waals surface area (Å²) in [5, 5.41) is 10.5. The van der Waals surface area contributed by atoms with Crippen LogP contribution < -0.4 is 4.74 Å². The molecule has 1 aromatic carbocycles. The average Bonchev–Trinajstić information content (AvgIpc) is 2.13. The molecule has 0 aliphatic heterocycles. The first kappa shape index (κ1) is 10.4. The van der Waals surface area contributed by atoms with Crippen molar-refractivity contribution < 1.29 is 14.1 Å². The summed E-state index contributed by atoms with van der Waals surface area (Å²) in [6.45, 7) is 3.37. The molecule has 0 aliphatic carbocycles. The first-order valence-electron chi connectivity index (χ1n) is 4.14. The fourth-order valence-corrected chi connectivity index (χ4v) is 1.07. The minimum atomic E-state index is -0.666. The second-order valence-electron chi connectivity index (χ2n) is 2.73. The maximum Gasteiger partial charge on any atom is 0.314 e. The normalized spacial score (nSPS) is 9.93. The van der Waals surface area contributed by atoms with Crippen molar-refractivity contribution in [3.63, 3.8) is 0 Å². The van der Waals surface area contributed by atoms with E-state index >= 15 is 0 Å². The van der Waals surface area contributed by atoms with Gasteiger partial charge in [-0.1, -0.05) is 0 Å². The van der Waals surface area contributed by atoms with Crippen LogP contribution in [0.4, 0.5) is 10.1 Å². The van der Waals surface area contributed by atoms with Gasteiger partial charge in [0.1, 0.15) is 0 Å². The van der Waals surface area contributed by atoms with Crippen LogP contribution in [0.3, 0.4) is 0 Å². The Balaban J connectivity index is 3.29. The summed E-state index contributed by atoms with van der Waals surface area (Å²) < 4.78 is 18.3. The Morgan fingerprint density at radius 2 is 2.21 bits per heavy atom. The number of nitrogens with zero attached hydrogens (tertiary/aromatic N) is 1. The van der Waals surface area contributed by atoms with E-state index in [0.717, 1.165) is 0 Å². The molecule has 0 bridgehead atoms. The molecule has 0 atom stereocenters. The van der Waals surface area contributed by atoms with Crippen molar-refractivity contribution in [2.45, 2.75) is 13.8 Å². The molecule has 5 heteroatoms. The van der Waals surface area contributed by atoms with Crippen LogP contribution in [0, 0.1) is 22.9 Å². The lowest BCUT2D eigenvalue weighted by molar-refractivity contribution is -0.386. The number of halogens is 1. The SMILES string of the molecule is CCOc1c([N+](=O)[O-])ccc(C)c1F. The van der Waals surface area contributed by atoms with Gasteiger partial charge in [-0.05, 0) is 25.5 Å². The smallest absolute Gasteiger partial charge is 0.314 e. The summed E-state index contributed by atoms with van der Waals surface area (Å²) in [6.07, 6.45) is 0. The third-order valence-electron chi connectivity index (χ3n) is 1.75. The van der Waals surface area contributed by atoms with Gasteiger partial charge in [0.25, 0.3) is 0 Å². The predicted molar refractivity (Wildman–Crippen MR) is 49.0 cm³/mol. The summed E-state index contributed by atoms with van der Waals surface area (Å²) in [6, 6.07) is 2.60. The van der Waals surface area contributed by atoms with Gasteiger partial charge in [-0.25, -0.2) is 4.39 Å². The topological polar surface area (TPSA) is 52.4 Å². The fourth-order valence-electron chi connectivity index (χ4n) is 1.07. The van der Waals surface area contributed by atoms with E-state index in [1.54, 1.807) is 6.92 Å². The highest BCUT2D eigenvalue weighted by atomic mass is 19.1. The van der Waals surface area contributed by atoms with Crippen LogP contribution in [0.25, 0.3) is 0 Å². The van der Waals surface area contributed by atoms with Gasteiger partial charge in [0.2, 0.25) is 5.75 Å². The van der Waals surface area contributed by atoms with E-state index in [1.807, 2.05) is 0 Å². The van der Waals surface area contributed by atoms with Gasteiger partial charge in [-0.2, -0.15) is 0 Å². The summed E-state index contributed by atoms with van der Waals surface area (Å²) in [7, 11) is 0. The molecule has 4 nitrogen and oxygen atoms in total. The van der Waals surface area contributed by atoms with Crippen molar-refractivity contribution in [2.75, 3.05) is 6.61 Å². The molecule has 14 heavy (non-hydrogen) atoms. The average molecular weight is 199 g/mol. The van der Waals surface area contributed by atoms with Crippen LogP contribution in [0.5, 0.6) is 5.75 Å². The maximum atomic E-state index is 13.4. The highest BCUT2D eigenvalue weighted by Crippen LogP contribution is 2.31. The second-order valence-corrected chi connectivity index (χ2v) is 2.73. The van der Waals surface area contributed by atoms with Crippen LogP contribution in [0.1, 0.15) is 12.5 Å². The molecular weight excluding hydrogens is 189 g/mol. The maximum absolute atomic E-state index is 13.4. The molecule has 76 valence electrons. The molecule has 0 saturated carbocycles. The van der Waals surface area contributed by atoms with Crippen molar-refractivity contribution in [3.05, 3.63) is 33.6 Å². The van der Waals surface area contributed by atoms with Crippen molar-refractivity contribution in [1.29, 1.82) is 0 Å². The lowest BCUT2D eigenvalue weighted by Gasteiger charge is -2.06. The Kier molecular flexibility index (Phi) is 3.01.